The van der Waals surface area contributed by atoms with E-state index in [-0.39, 0.29) is 0 Å². The fraction of sp³-hybridized carbons (Fsp3) is 0.500. The first-order chi connectivity index (χ1) is 6.33. The van der Waals surface area contributed by atoms with Gasteiger partial charge in [0.2, 0.25) is 0 Å². The van der Waals surface area contributed by atoms with Gasteiger partial charge in [-0.1, -0.05) is 64.2 Å². The van der Waals surface area contributed by atoms with Crippen LogP contribution in [0, 0.1) is 0 Å². The largest absolute Gasteiger partial charge is 0.102 e. The van der Waals surface area contributed by atoms with Crippen LogP contribution in [-0.2, 0) is 0 Å². The summed E-state index contributed by atoms with van der Waals surface area (Å²) in [5.74, 6) is 0. The summed E-state index contributed by atoms with van der Waals surface area (Å²) in [5, 5.41) is 2.03. The minimum atomic E-state index is -1.12. The van der Waals surface area contributed by atoms with Crippen molar-refractivity contribution in [2.45, 2.75) is 38.9 Å². The molecule has 0 aliphatic heterocycles. The van der Waals surface area contributed by atoms with Crippen LogP contribution in [0.2, 0.25) is 18.1 Å². The monoisotopic (exact) mass is 224 g/mol. The lowest BCUT2D eigenvalue weighted by molar-refractivity contribution is 0.736. The van der Waals surface area contributed by atoms with Crippen molar-refractivity contribution in [1.82, 2.24) is 0 Å². The van der Waals surface area contributed by atoms with Crippen LogP contribution < -0.4 is 5.30 Å². The zero-order valence-corrected chi connectivity index (χ0v) is 11.9. The second kappa shape index (κ2) is 4.16. The topological polar surface area (TPSA) is 0 Å². The Hall–Kier alpha value is -0.133. The third kappa shape index (κ3) is 2.93. The molecule has 1 atom stereocenters. The van der Waals surface area contributed by atoms with Crippen LogP contribution in [0.25, 0.3) is 0 Å². The number of hydrogen-bond acceptors (Lipinski definition) is 0. The average molecular weight is 224 g/mol. The standard InChI is InChI=1S/C12H21PSi/c1-12(2,3)14(4,5)13-11-9-7-6-8-10-11/h6-10,13H,1-5H3. The van der Waals surface area contributed by atoms with E-state index >= 15 is 0 Å². The van der Waals surface area contributed by atoms with Crippen molar-refractivity contribution in [2.24, 2.45) is 0 Å². The van der Waals surface area contributed by atoms with Gasteiger partial charge in [-0.3, -0.25) is 0 Å². The molecule has 1 unspecified atom stereocenters. The van der Waals surface area contributed by atoms with Crippen LogP contribution in [-0.4, -0.2) is 7.74 Å². The third-order valence-corrected chi connectivity index (χ3v) is 13.1. The van der Waals surface area contributed by atoms with E-state index in [1.165, 1.54) is 5.30 Å². The summed E-state index contributed by atoms with van der Waals surface area (Å²) in [6.45, 7) is 12.1. The van der Waals surface area contributed by atoms with Crippen LogP contribution >= 0.6 is 8.13 Å². The maximum Gasteiger partial charge on any atom is 0.0820 e. The second-order valence-electron chi connectivity index (χ2n) is 5.37. The molecule has 78 valence electrons. The Morgan fingerprint density at radius 2 is 1.50 bits per heavy atom. The molecule has 0 fully saturated rings. The lowest BCUT2D eigenvalue weighted by atomic mass is 10.2. The van der Waals surface area contributed by atoms with Crippen LogP contribution in [0.15, 0.2) is 30.3 Å². The van der Waals surface area contributed by atoms with Gasteiger partial charge in [0.05, 0.1) is 7.74 Å². The molecule has 0 amide bonds. The van der Waals surface area contributed by atoms with E-state index in [0.29, 0.717) is 5.04 Å². The molecule has 0 nitrogen and oxygen atoms in total. The van der Waals surface area contributed by atoms with Crippen LogP contribution in [0.1, 0.15) is 20.8 Å². The normalized spacial score (nSPS) is 13.8. The second-order valence-corrected chi connectivity index (χ2v) is 15.4. The first-order valence-electron chi connectivity index (χ1n) is 5.16. The summed E-state index contributed by atoms with van der Waals surface area (Å²) in [7, 11) is -0.0965. The highest BCUT2D eigenvalue weighted by molar-refractivity contribution is 7.87. The molecule has 1 aromatic carbocycles. The molecule has 0 aliphatic rings. The van der Waals surface area contributed by atoms with Crippen LogP contribution in [0.3, 0.4) is 0 Å². The highest BCUT2D eigenvalue weighted by Crippen LogP contribution is 2.46. The van der Waals surface area contributed by atoms with E-state index in [2.05, 4.69) is 64.2 Å². The van der Waals surface area contributed by atoms with Gasteiger partial charge in [-0.2, -0.15) is 0 Å². The Labute approximate surface area is 90.8 Å². The predicted octanol–water partition coefficient (Wildman–Crippen LogP) is 4.00. The maximum atomic E-state index is 2.50. The molecule has 0 saturated heterocycles. The highest BCUT2D eigenvalue weighted by Gasteiger charge is 2.34. The fourth-order valence-electron chi connectivity index (χ4n) is 1.07. The molecular formula is C12H21PSi. The van der Waals surface area contributed by atoms with Crippen molar-refractivity contribution in [3.05, 3.63) is 30.3 Å². The Morgan fingerprint density at radius 3 is 1.93 bits per heavy atom. The van der Waals surface area contributed by atoms with Gasteiger partial charge in [0.15, 0.2) is 0 Å². The molecule has 0 bridgehead atoms. The smallest absolute Gasteiger partial charge is 0.0820 e. The molecule has 0 spiro atoms. The van der Waals surface area contributed by atoms with E-state index in [1.807, 2.05) is 0 Å². The molecule has 0 aromatic heterocycles. The summed E-state index contributed by atoms with van der Waals surface area (Å²) in [5.41, 5.74) is 0. The average Bonchev–Trinajstić information content (AvgIpc) is 2.03. The van der Waals surface area contributed by atoms with E-state index in [1.54, 1.807) is 0 Å². The van der Waals surface area contributed by atoms with Crippen molar-refractivity contribution in [1.29, 1.82) is 0 Å². The van der Waals surface area contributed by atoms with Gasteiger partial charge in [-0.05, 0) is 10.3 Å². The minimum Gasteiger partial charge on any atom is -0.102 e. The first kappa shape index (κ1) is 11.9. The molecule has 1 rings (SSSR count). The number of benzene rings is 1. The van der Waals surface area contributed by atoms with Gasteiger partial charge in [0.25, 0.3) is 0 Å². The molecule has 2 heteroatoms. The van der Waals surface area contributed by atoms with Gasteiger partial charge >= 0.3 is 0 Å². The first-order valence-corrected chi connectivity index (χ1v) is 10.2. The minimum absolute atomic E-state index is 0.501. The van der Waals surface area contributed by atoms with E-state index in [4.69, 9.17) is 0 Å². The summed E-state index contributed by atoms with van der Waals surface area (Å²) in [6.07, 6.45) is 0. The fourth-order valence-corrected chi connectivity index (χ4v) is 6.32. The molecule has 14 heavy (non-hydrogen) atoms. The highest BCUT2D eigenvalue weighted by atomic mass is 31.3. The summed E-state index contributed by atoms with van der Waals surface area (Å²) >= 11 is 0. The third-order valence-electron chi connectivity index (χ3n) is 3.11. The Balaban J connectivity index is 2.79. The molecule has 1 aromatic rings. The Bertz CT molecular complexity index is 285. The van der Waals surface area contributed by atoms with Gasteiger partial charge in [-0.25, -0.2) is 0 Å². The van der Waals surface area contributed by atoms with Crippen molar-refractivity contribution in [3.8, 4) is 0 Å². The predicted molar refractivity (Wildman–Crippen MR) is 71.6 cm³/mol. The van der Waals surface area contributed by atoms with Gasteiger partial charge in [-0.15, -0.1) is 8.13 Å². The molecule has 0 radical (unpaired) electrons. The Morgan fingerprint density at radius 1 is 1.00 bits per heavy atom. The summed E-state index contributed by atoms with van der Waals surface area (Å²) < 4.78 is 0. The van der Waals surface area contributed by atoms with E-state index in [9.17, 15) is 0 Å². The molecule has 0 N–H and O–H groups in total. The zero-order valence-electron chi connectivity index (χ0n) is 9.89. The quantitative estimate of drug-likeness (QED) is 0.526. The number of hydrogen-bond donors (Lipinski definition) is 0. The van der Waals surface area contributed by atoms with Crippen LogP contribution in [0.5, 0.6) is 0 Å². The zero-order chi connectivity index (χ0) is 10.8. The SMILES string of the molecule is CC(C)(C)[Si](C)(C)Pc1ccccc1. The van der Waals surface area contributed by atoms with Crippen molar-refractivity contribution >= 4 is 21.2 Å². The van der Waals surface area contributed by atoms with E-state index < -0.39 is 7.74 Å². The lowest BCUT2D eigenvalue weighted by Crippen LogP contribution is -2.34. The van der Waals surface area contributed by atoms with Gasteiger partial charge < -0.3 is 0 Å². The summed E-state index contributed by atoms with van der Waals surface area (Å²) in [4.78, 5) is 0. The van der Waals surface area contributed by atoms with Crippen molar-refractivity contribution in [3.63, 3.8) is 0 Å². The van der Waals surface area contributed by atoms with Crippen molar-refractivity contribution in [2.75, 3.05) is 0 Å². The maximum absolute atomic E-state index is 2.50. The molecule has 0 saturated carbocycles. The van der Waals surface area contributed by atoms with Crippen molar-refractivity contribution < 1.29 is 0 Å². The van der Waals surface area contributed by atoms with Gasteiger partial charge in [0.1, 0.15) is 0 Å². The van der Waals surface area contributed by atoms with E-state index in [0.717, 1.165) is 8.13 Å². The number of rotatable bonds is 2. The molecule has 0 aliphatic carbocycles. The Kier molecular flexibility index (Phi) is 3.55. The lowest BCUT2D eigenvalue weighted by Gasteiger charge is -2.36. The van der Waals surface area contributed by atoms with Crippen LogP contribution in [0.4, 0.5) is 0 Å². The van der Waals surface area contributed by atoms with Gasteiger partial charge in [0, 0.05) is 0 Å². The molecular weight excluding hydrogens is 203 g/mol. The summed E-state index contributed by atoms with van der Waals surface area (Å²) in [6, 6.07) is 10.9. The molecule has 0 heterocycles.